The fourth-order valence-electron chi connectivity index (χ4n) is 2.49. The molecule has 2 aromatic rings. The number of carbonyl (C=O) groups excluding carboxylic acids is 1. The predicted octanol–water partition coefficient (Wildman–Crippen LogP) is 4.32. The third-order valence-electron chi connectivity index (χ3n) is 3.68. The van der Waals surface area contributed by atoms with E-state index in [1.54, 1.807) is 0 Å². The van der Waals surface area contributed by atoms with Crippen molar-refractivity contribution in [1.29, 1.82) is 0 Å². The van der Waals surface area contributed by atoms with Gasteiger partial charge in [-0.15, -0.1) is 11.3 Å². The van der Waals surface area contributed by atoms with Gasteiger partial charge in [-0.3, -0.25) is 4.79 Å². The molecule has 1 fully saturated rings. The van der Waals surface area contributed by atoms with Crippen LogP contribution in [0.2, 0.25) is 0 Å². The van der Waals surface area contributed by atoms with Gasteiger partial charge in [0.05, 0.1) is 14.2 Å². The maximum atomic E-state index is 12.3. The van der Waals surface area contributed by atoms with Gasteiger partial charge in [0, 0.05) is 0 Å². The molecule has 1 aromatic carbocycles. The molecule has 19 heavy (non-hydrogen) atoms. The minimum absolute atomic E-state index is 0.0271. The maximum absolute atomic E-state index is 12.3. The Kier molecular flexibility index (Phi) is 3.46. The van der Waals surface area contributed by atoms with E-state index >= 15 is 0 Å². The zero-order chi connectivity index (χ0) is 13.3. The zero-order valence-electron chi connectivity index (χ0n) is 10.4. The Labute approximate surface area is 125 Å². The monoisotopic (exact) mass is 335 g/mol. The van der Waals surface area contributed by atoms with E-state index in [-0.39, 0.29) is 11.4 Å². The average Bonchev–Trinajstić information content (AvgIpc) is 2.81. The Hall–Kier alpha value is -1.13. The first-order chi connectivity index (χ1) is 9.20. The number of halogens is 1. The van der Waals surface area contributed by atoms with Gasteiger partial charge in [0.25, 0.3) is 5.91 Å². The molecular weight excluding hydrogens is 322 g/mol. The normalized spacial score (nSPS) is 16.7. The Balaban J connectivity index is 1.82. The molecule has 0 unspecified atom stereocenters. The number of hydrogen-bond donors (Lipinski definition) is 1. The fourth-order valence-corrected chi connectivity index (χ4v) is 3.77. The minimum atomic E-state index is -0.158. The second kappa shape index (κ2) is 5.10. The Bertz CT molecular complexity index is 589. The van der Waals surface area contributed by atoms with Crippen molar-refractivity contribution in [3.63, 3.8) is 0 Å². The molecule has 1 amide bonds. The quantitative estimate of drug-likeness (QED) is 0.889. The van der Waals surface area contributed by atoms with Gasteiger partial charge in [-0.2, -0.15) is 0 Å². The lowest BCUT2D eigenvalue weighted by Gasteiger charge is -2.43. The van der Waals surface area contributed by atoms with E-state index in [0.717, 1.165) is 21.5 Å². The molecule has 1 aromatic heterocycles. The van der Waals surface area contributed by atoms with Crippen molar-refractivity contribution < 1.29 is 4.79 Å². The van der Waals surface area contributed by atoms with Crippen molar-refractivity contribution in [2.75, 3.05) is 0 Å². The summed E-state index contributed by atoms with van der Waals surface area (Å²) in [6.45, 7) is 0. The number of hydrogen-bond acceptors (Lipinski definition) is 2. The summed E-state index contributed by atoms with van der Waals surface area (Å²) in [6, 6.07) is 14.0. The highest BCUT2D eigenvalue weighted by atomic mass is 79.9. The van der Waals surface area contributed by atoms with E-state index in [4.69, 9.17) is 0 Å². The molecule has 4 heteroatoms. The minimum Gasteiger partial charge on any atom is -0.342 e. The largest absolute Gasteiger partial charge is 0.342 e. The average molecular weight is 336 g/mol. The number of rotatable bonds is 3. The number of benzene rings is 1. The molecule has 2 nitrogen and oxygen atoms in total. The molecule has 0 aliphatic heterocycles. The molecule has 0 radical (unpaired) electrons. The highest BCUT2D eigenvalue weighted by molar-refractivity contribution is 9.11. The van der Waals surface area contributed by atoms with Crippen molar-refractivity contribution >= 4 is 33.2 Å². The SMILES string of the molecule is O=C(NC1(c2ccccc2)CCC1)c1ccc(Br)s1. The Morgan fingerprint density at radius 2 is 1.89 bits per heavy atom. The van der Waals surface area contributed by atoms with Crippen LogP contribution in [-0.4, -0.2) is 5.91 Å². The van der Waals surface area contributed by atoms with Crippen LogP contribution < -0.4 is 5.32 Å². The summed E-state index contributed by atoms with van der Waals surface area (Å²) in [5.41, 5.74) is 1.06. The summed E-state index contributed by atoms with van der Waals surface area (Å²) < 4.78 is 0.986. The summed E-state index contributed by atoms with van der Waals surface area (Å²) in [5.74, 6) is 0.0271. The number of nitrogens with one attached hydrogen (secondary N) is 1. The van der Waals surface area contributed by atoms with Crippen LogP contribution in [-0.2, 0) is 5.54 Å². The van der Waals surface area contributed by atoms with E-state index < -0.39 is 0 Å². The third-order valence-corrected chi connectivity index (χ3v) is 5.31. The van der Waals surface area contributed by atoms with E-state index in [0.29, 0.717) is 0 Å². The topological polar surface area (TPSA) is 29.1 Å². The van der Waals surface area contributed by atoms with Crippen LogP contribution in [0.15, 0.2) is 46.3 Å². The molecule has 0 saturated heterocycles. The van der Waals surface area contributed by atoms with Crippen LogP contribution in [0.25, 0.3) is 0 Å². The molecule has 1 saturated carbocycles. The lowest BCUT2D eigenvalue weighted by Crippen LogP contribution is -2.50. The van der Waals surface area contributed by atoms with Gasteiger partial charge in [0.15, 0.2) is 0 Å². The van der Waals surface area contributed by atoms with Crippen molar-refractivity contribution in [1.82, 2.24) is 5.32 Å². The first kappa shape index (κ1) is 12.9. The van der Waals surface area contributed by atoms with Gasteiger partial charge in [0.2, 0.25) is 0 Å². The molecule has 0 bridgehead atoms. The van der Waals surface area contributed by atoms with Crippen molar-refractivity contribution in [2.24, 2.45) is 0 Å². The maximum Gasteiger partial charge on any atom is 0.262 e. The first-order valence-corrected chi connectivity index (χ1v) is 7.94. The van der Waals surface area contributed by atoms with E-state index in [9.17, 15) is 4.79 Å². The lowest BCUT2D eigenvalue weighted by molar-refractivity contribution is 0.0827. The summed E-state index contributed by atoms with van der Waals surface area (Å²) >= 11 is 4.87. The fraction of sp³-hybridized carbons (Fsp3) is 0.267. The molecule has 98 valence electrons. The van der Waals surface area contributed by atoms with Crippen molar-refractivity contribution in [2.45, 2.75) is 24.8 Å². The Morgan fingerprint density at radius 1 is 1.16 bits per heavy atom. The second-order valence-corrected chi connectivity index (χ2v) is 7.32. The molecule has 3 rings (SSSR count). The smallest absolute Gasteiger partial charge is 0.262 e. The molecule has 1 heterocycles. The summed E-state index contributed by atoms with van der Waals surface area (Å²) in [5, 5.41) is 3.23. The van der Waals surface area contributed by atoms with E-state index in [2.05, 4.69) is 33.4 Å². The molecule has 0 spiro atoms. The van der Waals surface area contributed by atoms with Crippen molar-refractivity contribution in [3.8, 4) is 0 Å². The van der Waals surface area contributed by atoms with Gasteiger partial charge < -0.3 is 5.32 Å². The first-order valence-electron chi connectivity index (χ1n) is 6.33. The summed E-state index contributed by atoms with van der Waals surface area (Å²) in [6.07, 6.45) is 3.22. The van der Waals surface area contributed by atoms with Crippen LogP contribution in [0.5, 0.6) is 0 Å². The lowest BCUT2D eigenvalue weighted by atomic mass is 9.72. The van der Waals surface area contributed by atoms with E-state index in [1.807, 2.05) is 30.3 Å². The van der Waals surface area contributed by atoms with Crippen LogP contribution >= 0.6 is 27.3 Å². The van der Waals surface area contributed by atoms with Gasteiger partial charge in [-0.1, -0.05) is 30.3 Å². The van der Waals surface area contributed by atoms with Gasteiger partial charge in [-0.25, -0.2) is 0 Å². The Morgan fingerprint density at radius 3 is 2.42 bits per heavy atom. The third kappa shape index (κ3) is 2.47. The van der Waals surface area contributed by atoms with Crippen LogP contribution in [0.3, 0.4) is 0 Å². The second-order valence-electron chi connectivity index (χ2n) is 4.86. The van der Waals surface area contributed by atoms with Gasteiger partial charge >= 0.3 is 0 Å². The molecule has 1 aliphatic carbocycles. The molecular formula is C15H14BrNOS. The van der Waals surface area contributed by atoms with Crippen molar-refractivity contribution in [3.05, 3.63) is 56.7 Å². The van der Waals surface area contributed by atoms with Crippen LogP contribution in [0, 0.1) is 0 Å². The van der Waals surface area contributed by atoms with Crippen LogP contribution in [0.1, 0.15) is 34.5 Å². The molecule has 1 N–H and O–H groups in total. The number of amides is 1. The number of thiophene rings is 1. The highest BCUT2D eigenvalue weighted by Gasteiger charge is 2.40. The summed E-state index contributed by atoms with van der Waals surface area (Å²) in [7, 11) is 0. The number of carbonyl (C=O) groups is 1. The van der Waals surface area contributed by atoms with E-state index in [1.165, 1.54) is 23.3 Å². The van der Waals surface area contributed by atoms with Gasteiger partial charge in [-0.05, 0) is 52.9 Å². The predicted molar refractivity (Wildman–Crippen MR) is 81.5 cm³/mol. The standard InChI is InChI=1S/C15H14BrNOS/c16-13-8-7-12(19-13)14(18)17-15(9-4-10-15)11-5-2-1-3-6-11/h1-3,5-8H,4,9-10H2,(H,17,18). The van der Waals surface area contributed by atoms with Gasteiger partial charge in [0.1, 0.15) is 0 Å². The van der Waals surface area contributed by atoms with Crippen LogP contribution in [0.4, 0.5) is 0 Å². The molecule has 1 aliphatic rings. The highest BCUT2D eigenvalue weighted by Crippen LogP contribution is 2.41. The zero-order valence-corrected chi connectivity index (χ0v) is 12.8. The summed E-state index contributed by atoms with van der Waals surface area (Å²) in [4.78, 5) is 13.1. The molecule has 0 atom stereocenters.